The summed E-state index contributed by atoms with van der Waals surface area (Å²) in [6.07, 6.45) is 1.02. The van der Waals surface area contributed by atoms with Gasteiger partial charge in [0.1, 0.15) is 5.82 Å². The molecule has 2 aromatic rings. The Bertz CT molecular complexity index is 531. The Morgan fingerprint density at radius 3 is 2.39 bits per heavy atom. The largest absolute Gasteiger partial charge is 0.324 e. The van der Waals surface area contributed by atoms with Crippen LogP contribution in [0.4, 0.5) is 0 Å². The highest BCUT2D eigenvalue weighted by molar-refractivity contribution is 9.11. The SMILES string of the molecule is CCCn1c(CN)nnc1-c1cc(Br)cc(Br)c1. The van der Waals surface area contributed by atoms with Gasteiger partial charge in [-0.15, -0.1) is 10.2 Å². The van der Waals surface area contributed by atoms with Crippen molar-refractivity contribution in [3.05, 3.63) is 33.0 Å². The number of aromatic nitrogens is 3. The van der Waals surface area contributed by atoms with Crippen molar-refractivity contribution < 1.29 is 0 Å². The Hall–Kier alpha value is -0.720. The van der Waals surface area contributed by atoms with E-state index in [0.29, 0.717) is 6.54 Å². The van der Waals surface area contributed by atoms with Crippen LogP contribution in [0.2, 0.25) is 0 Å². The highest BCUT2D eigenvalue weighted by atomic mass is 79.9. The fourth-order valence-corrected chi connectivity index (χ4v) is 3.14. The summed E-state index contributed by atoms with van der Waals surface area (Å²) in [6.45, 7) is 3.40. The third-order valence-electron chi connectivity index (χ3n) is 2.58. The molecule has 0 saturated heterocycles. The Morgan fingerprint density at radius 1 is 1.17 bits per heavy atom. The van der Waals surface area contributed by atoms with E-state index in [4.69, 9.17) is 5.73 Å². The number of nitrogens with zero attached hydrogens (tertiary/aromatic N) is 3. The van der Waals surface area contributed by atoms with Gasteiger partial charge in [-0.1, -0.05) is 38.8 Å². The summed E-state index contributed by atoms with van der Waals surface area (Å²) in [5.74, 6) is 1.68. The molecule has 0 radical (unpaired) electrons. The van der Waals surface area contributed by atoms with Crippen LogP contribution in [0.3, 0.4) is 0 Å². The minimum absolute atomic E-state index is 0.405. The van der Waals surface area contributed by atoms with Gasteiger partial charge in [-0.2, -0.15) is 0 Å². The van der Waals surface area contributed by atoms with E-state index in [-0.39, 0.29) is 0 Å². The molecular weight excluding hydrogens is 360 g/mol. The van der Waals surface area contributed by atoms with E-state index in [0.717, 1.165) is 39.1 Å². The molecule has 0 aliphatic heterocycles. The summed E-state index contributed by atoms with van der Waals surface area (Å²) < 4.78 is 4.09. The lowest BCUT2D eigenvalue weighted by atomic mass is 10.2. The summed E-state index contributed by atoms with van der Waals surface area (Å²) in [5, 5.41) is 8.40. The molecule has 0 aliphatic carbocycles. The van der Waals surface area contributed by atoms with Crippen LogP contribution < -0.4 is 5.73 Å². The molecule has 1 aromatic carbocycles. The Labute approximate surface area is 123 Å². The van der Waals surface area contributed by atoms with Crippen molar-refractivity contribution in [2.24, 2.45) is 5.73 Å². The van der Waals surface area contributed by atoms with Gasteiger partial charge in [-0.3, -0.25) is 0 Å². The zero-order valence-corrected chi connectivity index (χ0v) is 13.2. The van der Waals surface area contributed by atoms with Gasteiger partial charge < -0.3 is 10.3 Å². The zero-order chi connectivity index (χ0) is 13.1. The first kappa shape index (κ1) is 13.7. The van der Waals surface area contributed by atoms with Crippen LogP contribution in [0.15, 0.2) is 27.1 Å². The van der Waals surface area contributed by atoms with Crippen molar-refractivity contribution in [2.45, 2.75) is 26.4 Å². The second-order valence-electron chi connectivity index (χ2n) is 3.95. The van der Waals surface area contributed by atoms with E-state index in [2.05, 4.69) is 53.5 Å². The lowest BCUT2D eigenvalue weighted by Gasteiger charge is -2.08. The highest BCUT2D eigenvalue weighted by Crippen LogP contribution is 2.27. The Kier molecular flexibility index (Phi) is 4.53. The van der Waals surface area contributed by atoms with Gasteiger partial charge >= 0.3 is 0 Å². The Morgan fingerprint density at radius 2 is 1.83 bits per heavy atom. The van der Waals surface area contributed by atoms with Gasteiger partial charge in [-0.25, -0.2) is 0 Å². The molecular formula is C12H14Br2N4. The smallest absolute Gasteiger partial charge is 0.164 e. The van der Waals surface area contributed by atoms with E-state index < -0.39 is 0 Å². The van der Waals surface area contributed by atoms with Crippen LogP contribution in [0.25, 0.3) is 11.4 Å². The number of halogens is 2. The summed E-state index contributed by atoms with van der Waals surface area (Å²) in [7, 11) is 0. The molecule has 1 aromatic heterocycles. The molecule has 0 fully saturated rings. The first-order valence-electron chi connectivity index (χ1n) is 5.74. The third-order valence-corrected chi connectivity index (χ3v) is 3.49. The Balaban J connectivity index is 2.52. The van der Waals surface area contributed by atoms with Gasteiger partial charge in [0, 0.05) is 21.1 Å². The second kappa shape index (κ2) is 5.95. The van der Waals surface area contributed by atoms with E-state index in [1.807, 2.05) is 18.2 Å². The van der Waals surface area contributed by atoms with Crippen molar-refractivity contribution in [1.29, 1.82) is 0 Å². The predicted molar refractivity (Wildman–Crippen MR) is 79.0 cm³/mol. The number of hydrogen-bond acceptors (Lipinski definition) is 3. The molecule has 0 unspecified atom stereocenters. The molecule has 0 bridgehead atoms. The summed E-state index contributed by atoms with van der Waals surface area (Å²) in [4.78, 5) is 0. The van der Waals surface area contributed by atoms with Gasteiger partial charge in [0.05, 0.1) is 6.54 Å². The fraction of sp³-hybridized carbons (Fsp3) is 0.333. The standard InChI is InChI=1S/C12H14Br2N4/c1-2-3-18-11(7-15)16-17-12(18)8-4-9(13)6-10(14)5-8/h4-6H,2-3,7,15H2,1H3. The number of hydrogen-bond donors (Lipinski definition) is 1. The summed E-state index contributed by atoms with van der Waals surface area (Å²) >= 11 is 6.97. The van der Waals surface area contributed by atoms with Gasteiger partial charge in [-0.05, 0) is 24.6 Å². The van der Waals surface area contributed by atoms with Crippen LogP contribution in [0.5, 0.6) is 0 Å². The van der Waals surface area contributed by atoms with Crippen molar-refractivity contribution in [1.82, 2.24) is 14.8 Å². The normalized spacial score (nSPS) is 10.9. The lowest BCUT2D eigenvalue weighted by molar-refractivity contribution is 0.644. The molecule has 0 amide bonds. The van der Waals surface area contributed by atoms with Crippen LogP contribution in [0, 0.1) is 0 Å². The van der Waals surface area contributed by atoms with Crippen LogP contribution in [-0.2, 0) is 13.1 Å². The van der Waals surface area contributed by atoms with Crippen molar-refractivity contribution in [3.8, 4) is 11.4 Å². The molecule has 0 atom stereocenters. The van der Waals surface area contributed by atoms with Crippen molar-refractivity contribution in [3.63, 3.8) is 0 Å². The minimum atomic E-state index is 0.405. The summed E-state index contributed by atoms with van der Waals surface area (Å²) in [5.41, 5.74) is 6.72. The van der Waals surface area contributed by atoms with Crippen LogP contribution in [0.1, 0.15) is 19.2 Å². The molecule has 0 spiro atoms. The third kappa shape index (κ3) is 2.81. The minimum Gasteiger partial charge on any atom is -0.324 e. The first-order valence-corrected chi connectivity index (χ1v) is 7.33. The van der Waals surface area contributed by atoms with Gasteiger partial charge in [0.15, 0.2) is 5.82 Å². The number of nitrogens with two attached hydrogens (primary N) is 1. The molecule has 2 N–H and O–H groups in total. The second-order valence-corrected chi connectivity index (χ2v) is 5.79. The van der Waals surface area contributed by atoms with Crippen LogP contribution >= 0.6 is 31.9 Å². The molecule has 4 nitrogen and oxygen atoms in total. The van der Waals surface area contributed by atoms with E-state index in [1.165, 1.54) is 0 Å². The highest BCUT2D eigenvalue weighted by Gasteiger charge is 2.13. The molecule has 2 rings (SSSR count). The lowest BCUT2D eigenvalue weighted by Crippen LogP contribution is -2.09. The molecule has 18 heavy (non-hydrogen) atoms. The van der Waals surface area contributed by atoms with Gasteiger partial charge in [0.2, 0.25) is 0 Å². The number of rotatable bonds is 4. The molecule has 0 aliphatic rings. The van der Waals surface area contributed by atoms with Gasteiger partial charge in [0.25, 0.3) is 0 Å². The number of benzene rings is 1. The maximum atomic E-state index is 5.69. The predicted octanol–water partition coefficient (Wildman–Crippen LogP) is 3.34. The molecule has 96 valence electrons. The molecule has 0 saturated carbocycles. The molecule has 1 heterocycles. The van der Waals surface area contributed by atoms with Crippen molar-refractivity contribution in [2.75, 3.05) is 0 Å². The maximum absolute atomic E-state index is 5.69. The van der Waals surface area contributed by atoms with E-state index in [9.17, 15) is 0 Å². The molecule has 6 heteroatoms. The van der Waals surface area contributed by atoms with Crippen LogP contribution in [-0.4, -0.2) is 14.8 Å². The van der Waals surface area contributed by atoms with E-state index >= 15 is 0 Å². The fourth-order valence-electron chi connectivity index (χ4n) is 1.84. The average Bonchev–Trinajstić information content (AvgIpc) is 2.71. The topological polar surface area (TPSA) is 56.7 Å². The summed E-state index contributed by atoms with van der Waals surface area (Å²) in [6, 6.07) is 6.05. The monoisotopic (exact) mass is 372 g/mol. The average molecular weight is 374 g/mol. The van der Waals surface area contributed by atoms with E-state index in [1.54, 1.807) is 0 Å². The quantitative estimate of drug-likeness (QED) is 0.894. The maximum Gasteiger partial charge on any atom is 0.164 e. The first-order chi connectivity index (χ1) is 8.65. The van der Waals surface area contributed by atoms with Crippen molar-refractivity contribution >= 4 is 31.9 Å². The zero-order valence-electron chi connectivity index (χ0n) is 10.0.